The molecule has 0 saturated carbocycles. The van der Waals surface area contributed by atoms with Crippen molar-refractivity contribution in [3.8, 4) is 0 Å². The van der Waals surface area contributed by atoms with Crippen LogP contribution in [0.5, 0.6) is 0 Å². The maximum atomic E-state index is 12.3. The second-order valence-electron chi connectivity index (χ2n) is 3.98. The zero-order chi connectivity index (χ0) is 14.9. The Kier molecular flexibility index (Phi) is 4.03. The maximum Gasteiger partial charge on any atom is 0.263 e. The fraction of sp³-hybridized carbons (Fsp3) is 0.0909. The van der Waals surface area contributed by atoms with Crippen LogP contribution in [0.1, 0.15) is 5.56 Å². The van der Waals surface area contributed by atoms with Crippen LogP contribution in [-0.2, 0) is 10.0 Å². The molecule has 2 aromatic rings. The van der Waals surface area contributed by atoms with E-state index in [0.29, 0.717) is 11.3 Å². The smallest absolute Gasteiger partial charge is 0.263 e. The van der Waals surface area contributed by atoms with Gasteiger partial charge in [-0.25, -0.2) is 13.4 Å². The number of nitrogen functional groups attached to an aromatic ring is 1. The molecule has 9 heteroatoms. The van der Waals surface area contributed by atoms with Crippen molar-refractivity contribution in [2.24, 2.45) is 0 Å². The third-order valence-corrected chi connectivity index (χ3v) is 4.27. The van der Waals surface area contributed by atoms with Gasteiger partial charge in [0.1, 0.15) is 11.0 Å². The number of nitrogens with zero attached hydrogens (tertiary/aromatic N) is 2. The number of sulfonamides is 1. The van der Waals surface area contributed by atoms with E-state index in [1.165, 1.54) is 12.1 Å². The molecule has 1 aromatic carbocycles. The minimum absolute atomic E-state index is 0.0168. The summed E-state index contributed by atoms with van der Waals surface area (Å²) >= 11 is 11.3. The van der Waals surface area contributed by atoms with Gasteiger partial charge in [-0.05, 0) is 36.2 Å². The molecule has 106 valence electrons. The summed E-state index contributed by atoms with van der Waals surface area (Å²) in [7, 11) is -3.84. The lowest BCUT2D eigenvalue weighted by Crippen LogP contribution is -2.15. The van der Waals surface area contributed by atoms with Crippen molar-refractivity contribution in [1.29, 1.82) is 0 Å². The van der Waals surface area contributed by atoms with Crippen molar-refractivity contribution >= 4 is 44.7 Å². The predicted molar refractivity (Wildman–Crippen MR) is 78.5 cm³/mol. The van der Waals surface area contributed by atoms with Crippen molar-refractivity contribution in [3.05, 3.63) is 40.3 Å². The first-order valence-corrected chi connectivity index (χ1v) is 7.61. The second kappa shape index (κ2) is 5.43. The second-order valence-corrected chi connectivity index (χ2v) is 6.35. The third-order valence-electron chi connectivity index (χ3n) is 2.41. The highest BCUT2D eigenvalue weighted by molar-refractivity contribution is 7.92. The summed E-state index contributed by atoms with van der Waals surface area (Å²) in [5.41, 5.74) is 6.50. The van der Waals surface area contributed by atoms with E-state index >= 15 is 0 Å². The van der Waals surface area contributed by atoms with Gasteiger partial charge < -0.3 is 5.73 Å². The molecule has 0 atom stereocenters. The lowest BCUT2D eigenvalue weighted by Gasteiger charge is -2.10. The van der Waals surface area contributed by atoms with Crippen LogP contribution >= 0.6 is 23.2 Å². The van der Waals surface area contributed by atoms with Crippen LogP contribution < -0.4 is 10.5 Å². The van der Waals surface area contributed by atoms with Gasteiger partial charge in [0.2, 0.25) is 5.28 Å². The number of rotatable bonds is 3. The Bertz CT molecular complexity index is 745. The van der Waals surface area contributed by atoms with Gasteiger partial charge in [-0.2, -0.15) is 4.98 Å². The normalized spacial score (nSPS) is 11.3. The SMILES string of the molecule is Cc1ccc(N)cc1S(=O)(=O)Nc1cc(Cl)nc(Cl)n1. The fourth-order valence-corrected chi connectivity index (χ4v) is 3.22. The molecule has 0 unspecified atom stereocenters. The lowest BCUT2D eigenvalue weighted by molar-refractivity contribution is 0.600. The quantitative estimate of drug-likeness (QED) is 0.511. The average Bonchev–Trinajstić information content (AvgIpc) is 2.30. The minimum atomic E-state index is -3.84. The molecule has 0 fully saturated rings. The van der Waals surface area contributed by atoms with Crippen LogP contribution in [0.15, 0.2) is 29.2 Å². The molecule has 0 radical (unpaired) electrons. The van der Waals surface area contributed by atoms with E-state index < -0.39 is 10.0 Å². The number of aryl methyl sites for hydroxylation is 1. The molecule has 0 spiro atoms. The highest BCUT2D eigenvalue weighted by Crippen LogP contribution is 2.22. The molecule has 0 aliphatic rings. The van der Waals surface area contributed by atoms with Gasteiger partial charge in [0.25, 0.3) is 10.0 Å². The molecule has 1 heterocycles. The van der Waals surface area contributed by atoms with Gasteiger partial charge in [-0.3, -0.25) is 4.72 Å². The van der Waals surface area contributed by atoms with Crippen LogP contribution in [-0.4, -0.2) is 18.4 Å². The molecule has 0 amide bonds. The van der Waals surface area contributed by atoms with Crippen molar-refractivity contribution in [2.45, 2.75) is 11.8 Å². The number of hydrogen-bond acceptors (Lipinski definition) is 5. The summed E-state index contributed by atoms with van der Waals surface area (Å²) in [5.74, 6) is -0.0168. The number of nitrogens with one attached hydrogen (secondary N) is 1. The van der Waals surface area contributed by atoms with Gasteiger partial charge in [-0.1, -0.05) is 17.7 Å². The molecule has 6 nitrogen and oxygen atoms in total. The summed E-state index contributed by atoms with van der Waals surface area (Å²) in [4.78, 5) is 7.44. The van der Waals surface area contributed by atoms with E-state index in [1.807, 2.05) is 0 Å². The summed E-state index contributed by atoms with van der Waals surface area (Å²) in [5, 5.41) is -0.119. The van der Waals surface area contributed by atoms with Gasteiger partial charge in [0.05, 0.1) is 4.90 Å². The first-order chi connectivity index (χ1) is 9.28. The monoisotopic (exact) mass is 332 g/mol. The van der Waals surface area contributed by atoms with Crippen LogP contribution in [0.4, 0.5) is 11.5 Å². The van der Waals surface area contributed by atoms with Crippen molar-refractivity contribution in [1.82, 2.24) is 9.97 Å². The third kappa shape index (κ3) is 3.30. The predicted octanol–water partition coefficient (Wildman–Crippen LogP) is 2.47. The Labute approximate surface area is 126 Å². The lowest BCUT2D eigenvalue weighted by atomic mass is 10.2. The number of benzene rings is 1. The first-order valence-electron chi connectivity index (χ1n) is 5.37. The topological polar surface area (TPSA) is 98.0 Å². The molecule has 3 N–H and O–H groups in total. The molecular formula is C11H10Cl2N4O2S. The number of nitrogens with two attached hydrogens (primary N) is 1. The van der Waals surface area contributed by atoms with E-state index in [-0.39, 0.29) is 21.2 Å². The Morgan fingerprint density at radius 2 is 1.90 bits per heavy atom. The number of halogens is 2. The Morgan fingerprint density at radius 3 is 2.55 bits per heavy atom. The molecule has 2 rings (SSSR count). The first kappa shape index (κ1) is 14.8. The number of aromatic nitrogens is 2. The summed E-state index contributed by atoms with van der Waals surface area (Å²) < 4.78 is 26.8. The number of anilines is 2. The van der Waals surface area contributed by atoms with Crippen LogP contribution in [0, 0.1) is 6.92 Å². The van der Waals surface area contributed by atoms with Crippen molar-refractivity contribution < 1.29 is 8.42 Å². The zero-order valence-electron chi connectivity index (χ0n) is 10.3. The van der Waals surface area contributed by atoms with Gasteiger partial charge >= 0.3 is 0 Å². The molecule has 1 aromatic heterocycles. The highest BCUT2D eigenvalue weighted by atomic mass is 35.5. The molecule has 0 aliphatic heterocycles. The van der Waals surface area contributed by atoms with E-state index in [4.69, 9.17) is 28.9 Å². The van der Waals surface area contributed by atoms with E-state index in [0.717, 1.165) is 0 Å². The summed E-state index contributed by atoms with van der Waals surface area (Å²) in [6.45, 7) is 1.66. The fourth-order valence-electron chi connectivity index (χ4n) is 1.54. The highest BCUT2D eigenvalue weighted by Gasteiger charge is 2.18. The molecule has 0 saturated heterocycles. The molecule has 0 bridgehead atoms. The van der Waals surface area contributed by atoms with E-state index in [1.54, 1.807) is 19.1 Å². The zero-order valence-corrected chi connectivity index (χ0v) is 12.6. The molecular weight excluding hydrogens is 323 g/mol. The van der Waals surface area contributed by atoms with Crippen LogP contribution in [0.3, 0.4) is 0 Å². The van der Waals surface area contributed by atoms with Crippen LogP contribution in [0.25, 0.3) is 0 Å². The standard InChI is InChI=1S/C11H10Cl2N4O2S/c1-6-2-3-7(14)4-8(6)20(18,19)17-10-5-9(12)15-11(13)16-10/h2-5H,14H2,1H3,(H,15,16,17). The summed E-state index contributed by atoms with van der Waals surface area (Å²) in [6, 6.07) is 5.85. The summed E-state index contributed by atoms with van der Waals surface area (Å²) in [6.07, 6.45) is 0. The Morgan fingerprint density at radius 1 is 1.20 bits per heavy atom. The van der Waals surface area contributed by atoms with Crippen LogP contribution in [0.2, 0.25) is 10.4 Å². The van der Waals surface area contributed by atoms with Crippen molar-refractivity contribution in [3.63, 3.8) is 0 Å². The molecule has 20 heavy (non-hydrogen) atoms. The Balaban J connectivity index is 2.43. The average molecular weight is 333 g/mol. The maximum absolute atomic E-state index is 12.3. The van der Waals surface area contributed by atoms with Crippen molar-refractivity contribution in [2.75, 3.05) is 10.5 Å². The minimum Gasteiger partial charge on any atom is -0.399 e. The molecule has 0 aliphatic carbocycles. The van der Waals surface area contributed by atoms with Gasteiger partial charge in [0, 0.05) is 11.8 Å². The largest absolute Gasteiger partial charge is 0.399 e. The van der Waals surface area contributed by atoms with E-state index in [2.05, 4.69) is 14.7 Å². The van der Waals surface area contributed by atoms with E-state index in [9.17, 15) is 8.42 Å². The van der Waals surface area contributed by atoms with Gasteiger partial charge in [0.15, 0.2) is 0 Å². The number of hydrogen-bond donors (Lipinski definition) is 2. The van der Waals surface area contributed by atoms with Gasteiger partial charge in [-0.15, -0.1) is 0 Å². The Hall–Kier alpha value is -1.57.